The second-order valence-corrected chi connectivity index (χ2v) is 20.9. The number of carbonyl (C=O) groups is 3. The fourth-order valence-corrected chi connectivity index (χ4v) is 8.79. The zero-order valence-corrected chi connectivity index (χ0v) is 49.3. The van der Waals surface area contributed by atoms with E-state index in [1.165, 1.54) is 148 Å². The second-order valence-electron chi connectivity index (χ2n) is 20.9. The molecule has 0 aliphatic heterocycles. The van der Waals surface area contributed by atoms with E-state index in [0.29, 0.717) is 19.3 Å². The second kappa shape index (κ2) is 62.9. The number of hydrogen-bond donors (Lipinski definition) is 0. The lowest BCUT2D eigenvalue weighted by atomic mass is 10.1. The number of esters is 3. The van der Waals surface area contributed by atoms with Crippen molar-refractivity contribution in [2.24, 2.45) is 0 Å². The highest BCUT2D eigenvalue weighted by Gasteiger charge is 2.19. The lowest BCUT2D eigenvalue weighted by Crippen LogP contribution is -2.30. The molecule has 0 rings (SSSR count). The summed E-state index contributed by atoms with van der Waals surface area (Å²) in [6, 6.07) is 0. The molecule has 6 nitrogen and oxygen atoms in total. The van der Waals surface area contributed by atoms with Crippen molar-refractivity contribution in [3.63, 3.8) is 0 Å². The first-order valence-electron chi connectivity index (χ1n) is 31.7. The summed E-state index contributed by atoms with van der Waals surface area (Å²) in [6.45, 7) is 6.50. The first kappa shape index (κ1) is 71.3. The van der Waals surface area contributed by atoms with Gasteiger partial charge in [-0.3, -0.25) is 14.4 Å². The molecule has 0 saturated carbocycles. The molecule has 0 spiro atoms. The molecule has 0 radical (unpaired) electrons. The third-order valence-corrected chi connectivity index (χ3v) is 13.5. The van der Waals surface area contributed by atoms with Crippen LogP contribution < -0.4 is 0 Å². The molecular formula is C69H118O6. The van der Waals surface area contributed by atoms with E-state index in [1.54, 1.807) is 0 Å². The Kier molecular flexibility index (Phi) is 59.8. The molecule has 0 aromatic carbocycles. The largest absolute Gasteiger partial charge is 0.462 e. The summed E-state index contributed by atoms with van der Waals surface area (Å²) in [4.78, 5) is 38.3. The summed E-state index contributed by atoms with van der Waals surface area (Å²) in [7, 11) is 0. The van der Waals surface area contributed by atoms with Gasteiger partial charge in [-0.25, -0.2) is 0 Å². The Morgan fingerprint density at radius 1 is 0.280 bits per heavy atom. The lowest BCUT2D eigenvalue weighted by molar-refractivity contribution is -0.167. The number of hydrogen-bond acceptors (Lipinski definition) is 6. The molecule has 0 aromatic rings. The van der Waals surface area contributed by atoms with Crippen molar-refractivity contribution in [3.8, 4) is 0 Å². The van der Waals surface area contributed by atoms with E-state index >= 15 is 0 Å². The van der Waals surface area contributed by atoms with Crippen molar-refractivity contribution in [1.29, 1.82) is 0 Å². The van der Waals surface area contributed by atoms with E-state index in [0.717, 1.165) is 116 Å². The van der Waals surface area contributed by atoms with Crippen LogP contribution >= 0.6 is 0 Å². The molecule has 75 heavy (non-hydrogen) atoms. The minimum Gasteiger partial charge on any atom is -0.462 e. The van der Waals surface area contributed by atoms with Gasteiger partial charge in [0.15, 0.2) is 6.10 Å². The van der Waals surface area contributed by atoms with Gasteiger partial charge in [0.1, 0.15) is 13.2 Å². The Hall–Kier alpha value is -3.67. The maximum atomic E-state index is 12.9. The summed E-state index contributed by atoms with van der Waals surface area (Å²) in [5.41, 5.74) is 0. The maximum absolute atomic E-state index is 12.9. The summed E-state index contributed by atoms with van der Waals surface area (Å²) in [5.74, 6) is -0.905. The minimum absolute atomic E-state index is 0.0881. The number of allylic oxidation sites excluding steroid dienone is 16. The summed E-state index contributed by atoms with van der Waals surface area (Å²) in [5, 5.41) is 0. The SMILES string of the molecule is CC/C=C\C/C=C\C/C=C\C/C=C\CCCCCCCCC(=O)OC(COC(=O)CCCCCCCCC/C=C\C/C=C\CCCCC)COC(=O)CCCCCCCCCCC/C=C\C/C=C\CCCCCCC. The van der Waals surface area contributed by atoms with Crippen LogP contribution in [0.1, 0.15) is 303 Å². The minimum atomic E-state index is -0.793. The average Bonchev–Trinajstić information content (AvgIpc) is 3.41. The van der Waals surface area contributed by atoms with Crippen LogP contribution in [-0.2, 0) is 28.6 Å². The fraction of sp³-hybridized carbons (Fsp3) is 0.725. The number of unbranched alkanes of at least 4 members (excludes halogenated alkanes) is 30. The summed E-state index contributed by atoms with van der Waals surface area (Å²) < 4.78 is 16.9. The first-order chi connectivity index (χ1) is 37.0. The molecule has 6 heteroatoms. The predicted molar refractivity (Wildman–Crippen MR) is 325 cm³/mol. The Labute approximate surface area is 464 Å². The third kappa shape index (κ3) is 61.1. The zero-order valence-electron chi connectivity index (χ0n) is 49.3. The molecule has 430 valence electrons. The van der Waals surface area contributed by atoms with E-state index in [2.05, 4.69) is 118 Å². The quantitative estimate of drug-likeness (QED) is 0.0261. The average molecular weight is 1040 g/mol. The van der Waals surface area contributed by atoms with E-state index in [-0.39, 0.29) is 31.1 Å². The van der Waals surface area contributed by atoms with Gasteiger partial charge in [0.2, 0.25) is 0 Å². The molecule has 0 aromatic heterocycles. The van der Waals surface area contributed by atoms with E-state index < -0.39 is 6.10 Å². The smallest absolute Gasteiger partial charge is 0.306 e. The van der Waals surface area contributed by atoms with Gasteiger partial charge in [0.05, 0.1) is 0 Å². The van der Waals surface area contributed by atoms with Crippen LogP contribution in [0.2, 0.25) is 0 Å². The van der Waals surface area contributed by atoms with Crippen LogP contribution in [0.5, 0.6) is 0 Å². The standard InChI is InChI=1S/C69H118O6/c1-4-7-10-13-16-19-22-25-28-31-33-34-36-38-41-44-47-50-53-56-59-62-68(71)74-65-66(64-73-67(70)61-58-55-52-49-46-43-40-37-30-27-24-21-18-15-12-9-6-3)75-69(72)63-60-57-54-51-48-45-42-39-35-32-29-26-23-20-17-14-11-8-5-2/h8,11,17-18,20-22,25-27,29-31,33,35,39,66H,4-7,9-10,12-16,19,23-24,28,32,34,36-38,40-65H2,1-3H3/b11-8-,20-17-,21-18-,25-22-,29-26-,30-27-,33-31-,39-35-. The molecule has 0 N–H and O–H groups in total. The van der Waals surface area contributed by atoms with Crippen molar-refractivity contribution >= 4 is 17.9 Å². The zero-order chi connectivity index (χ0) is 54.3. The van der Waals surface area contributed by atoms with Crippen LogP contribution in [0.25, 0.3) is 0 Å². The van der Waals surface area contributed by atoms with Crippen LogP contribution in [0.4, 0.5) is 0 Å². The van der Waals surface area contributed by atoms with Gasteiger partial charge in [-0.1, -0.05) is 259 Å². The van der Waals surface area contributed by atoms with Crippen molar-refractivity contribution in [3.05, 3.63) is 97.2 Å². The van der Waals surface area contributed by atoms with E-state index in [1.807, 2.05) is 0 Å². The highest BCUT2D eigenvalue weighted by molar-refractivity contribution is 5.71. The van der Waals surface area contributed by atoms with Crippen molar-refractivity contribution < 1.29 is 28.6 Å². The van der Waals surface area contributed by atoms with E-state index in [9.17, 15) is 14.4 Å². The van der Waals surface area contributed by atoms with Gasteiger partial charge in [0.25, 0.3) is 0 Å². The number of ether oxygens (including phenoxy) is 3. The molecular weight excluding hydrogens is 925 g/mol. The van der Waals surface area contributed by atoms with Crippen LogP contribution in [-0.4, -0.2) is 37.2 Å². The van der Waals surface area contributed by atoms with Gasteiger partial charge >= 0.3 is 17.9 Å². The van der Waals surface area contributed by atoms with Crippen LogP contribution in [0.15, 0.2) is 97.2 Å². The van der Waals surface area contributed by atoms with Gasteiger partial charge in [-0.05, 0) is 122 Å². The van der Waals surface area contributed by atoms with Gasteiger partial charge in [-0.2, -0.15) is 0 Å². The first-order valence-corrected chi connectivity index (χ1v) is 31.7. The molecule has 0 aliphatic carbocycles. The van der Waals surface area contributed by atoms with Gasteiger partial charge < -0.3 is 14.2 Å². The third-order valence-electron chi connectivity index (χ3n) is 13.5. The molecule has 0 amide bonds. The molecule has 0 aliphatic rings. The molecule has 0 heterocycles. The molecule has 1 atom stereocenters. The molecule has 0 fully saturated rings. The Morgan fingerprint density at radius 3 is 0.840 bits per heavy atom. The number of rotatable bonds is 57. The molecule has 0 saturated heterocycles. The lowest BCUT2D eigenvalue weighted by Gasteiger charge is -2.18. The highest BCUT2D eigenvalue weighted by Crippen LogP contribution is 2.15. The fourth-order valence-electron chi connectivity index (χ4n) is 8.79. The van der Waals surface area contributed by atoms with Crippen LogP contribution in [0, 0.1) is 0 Å². The topological polar surface area (TPSA) is 78.9 Å². The maximum Gasteiger partial charge on any atom is 0.306 e. The molecule has 0 bridgehead atoms. The highest BCUT2D eigenvalue weighted by atomic mass is 16.6. The van der Waals surface area contributed by atoms with Crippen LogP contribution in [0.3, 0.4) is 0 Å². The summed E-state index contributed by atoms with van der Waals surface area (Å²) >= 11 is 0. The van der Waals surface area contributed by atoms with E-state index in [4.69, 9.17) is 14.2 Å². The Balaban J connectivity index is 4.42. The van der Waals surface area contributed by atoms with Gasteiger partial charge in [0, 0.05) is 19.3 Å². The monoisotopic (exact) mass is 1040 g/mol. The van der Waals surface area contributed by atoms with Crippen molar-refractivity contribution in [1.82, 2.24) is 0 Å². The van der Waals surface area contributed by atoms with Crippen molar-refractivity contribution in [2.45, 2.75) is 309 Å². The normalized spacial score (nSPS) is 12.7. The van der Waals surface area contributed by atoms with Gasteiger partial charge in [-0.15, -0.1) is 0 Å². The summed E-state index contributed by atoms with van der Waals surface area (Å²) in [6.07, 6.45) is 84.0. The number of carbonyl (C=O) groups excluding carboxylic acids is 3. The predicted octanol–water partition coefficient (Wildman–Crippen LogP) is 21.7. The van der Waals surface area contributed by atoms with Crippen molar-refractivity contribution in [2.75, 3.05) is 13.2 Å². The Bertz CT molecular complexity index is 1480. The Morgan fingerprint density at radius 2 is 0.520 bits per heavy atom. The molecule has 1 unspecified atom stereocenters.